The summed E-state index contributed by atoms with van der Waals surface area (Å²) in [6.07, 6.45) is 0. The quantitative estimate of drug-likeness (QED) is 0.839. The van der Waals surface area contributed by atoms with E-state index in [0.29, 0.717) is 5.75 Å². The number of carbonyl (C=O) groups excluding carboxylic acids is 2. The minimum Gasteiger partial charge on any atom is -0.484 e. The van der Waals surface area contributed by atoms with E-state index in [1.54, 1.807) is 6.07 Å². The van der Waals surface area contributed by atoms with Crippen LogP contribution < -0.4 is 10.1 Å². The number of nitrogens with one attached hydrogen (secondary N) is 1. The summed E-state index contributed by atoms with van der Waals surface area (Å²) in [5, 5.41) is 4.55. The fourth-order valence-corrected chi connectivity index (χ4v) is 1.70. The Balaban J connectivity index is 1.89. The van der Waals surface area contributed by atoms with E-state index in [2.05, 4.69) is 10.1 Å². The van der Waals surface area contributed by atoms with Gasteiger partial charge in [0.15, 0.2) is 6.61 Å². The Bertz CT molecular complexity index is 624. The largest absolute Gasteiger partial charge is 0.484 e. The lowest BCUT2D eigenvalue weighted by atomic mass is 10.1. The second-order valence-corrected chi connectivity index (χ2v) is 4.15. The summed E-state index contributed by atoms with van der Waals surface area (Å²) in [6.45, 7) is -0.300. The topological polar surface area (TPSA) is 64.6 Å². The van der Waals surface area contributed by atoms with E-state index < -0.39 is 5.97 Å². The van der Waals surface area contributed by atoms with Crippen molar-refractivity contribution in [1.82, 2.24) is 5.32 Å². The van der Waals surface area contributed by atoms with E-state index in [0.717, 1.165) is 10.8 Å². The second-order valence-electron chi connectivity index (χ2n) is 4.15. The molecule has 0 unspecified atom stereocenters. The summed E-state index contributed by atoms with van der Waals surface area (Å²) in [5.41, 5.74) is 0. The molecule has 0 aliphatic carbocycles. The van der Waals surface area contributed by atoms with Crippen molar-refractivity contribution in [2.75, 3.05) is 20.3 Å². The molecule has 0 spiro atoms. The van der Waals surface area contributed by atoms with Crippen molar-refractivity contribution >= 4 is 22.6 Å². The molecule has 0 aromatic heterocycles. The van der Waals surface area contributed by atoms with E-state index in [9.17, 15) is 9.59 Å². The van der Waals surface area contributed by atoms with Crippen molar-refractivity contribution in [1.29, 1.82) is 0 Å². The van der Waals surface area contributed by atoms with Crippen LogP contribution in [0.15, 0.2) is 42.5 Å². The zero-order valence-corrected chi connectivity index (χ0v) is 11.1. The maximum atomic E-state index is 11.5. The third-order valence-electron chi connectivity index (χ3n) is 2.75. The van der Waals surface area contributed by atoms with Gasteiger partial charge >= 0.3 is 5.97 Å². The minimum atomic E-state index is -0.496. The molecule has 104 valence electrons. The summed E-state index contributed by atoms with van der Waals surface area (Å²) < 4.78 is 9.79. The number of benzene rings is 2. The van der Waals surface area contributed by atoms with E-state index in [4.69, 9.17) is 4.74 Å². The maximum Gasteiger partial charge on any atom is 0.325 e. The number of hydrogen-bond acceptors (Lipinski definition) is 4. The molecule has 20 heavy (non-hydrogen) atoms. The van der Waals surface area contributed by atoms with Gasteiger partial charge in [0.25, 0.3) is 5.91 Å². The highest BCUT2D eigenvalue weighted by Crippen LogP contribution is 2.20. The molecule has 0 radical (unpaired) electrons. The fraction of sp³-hybridized carbons (Fsp3) is 0.200. The first kappa shape index (κ1) is 13.9. The van der Waals surface area contributed by atoms with Gasteiger partial charge < -0.3 is 14.8 Å². The summed E-state index contributed by atoms with van der Waals surface area (Å²) in [4.78, 5) is 22.3. The lowest BCUT2D eigenvalue weighted by Gasteiger charge is -2.07. The highest BCUT2D eigenvalue weighted by Gasteiger charge is 2.06. The average molecular weight is 273 g/mol. The van der Waals surface area contributed by atoms with Crippen LogP contribution in [0.25, 0.3) is 10.8 Å². The van der Waals surface area contributed by atoms with Crippen LogP contribution in [0.1, 0.15) is 0 Å². The van der Waals surface area contributed by atoms with E-state index in [1.165, 1.54) is 7.11 Å². The van der Waals surface area contributed by atoms with Crippen LogP contribution in [0, 0.1) is 0 Å². The van der Waals surface area contributed by atoms with Gasteiger partial charge in [0, 0.05) is 0 Å². The summed E-state index contributed by atoms with van der Waals surface area (Å²) >= 11 is 0. The molecule has 2 aromatic rings. The van der Waals surface area contributed by atoms with E-state index >= 15 is 0 Å². The van der Waals surface area contributed by atoms with Crippen molar-refractivity contribution in [3.63, 3.8) is 0 Å². The average Bonchev–Trinajstić information content (AvgIpc) is 2.50. The first-order valence-electron chi connectivity index (χ1n) is 6.14. The number of methoxy groups -OCH3 is 1. The Labute approximate surface area is 116 Å². The van der Waals surface area contributed by atoms with Gasteiger partial charge in [-0.15, -0.1) is 0 Å². The number of hydrogen-bond donors (Lipinski definition) is 1. The third-order valence-corrected chi connectivity index (χ3v) is 2.75. The lowest BCUT2D eigenvalue weighted by molar-refractivity contribution is -0.141. The molecule has 5 nitrogen and oxygen atoms in total. The van der Waals surface area contributed by atoms with Crippen LogP contribution in [-0.4, -0.2) is 32.1 Å². The SMILES string of the molecule is COC(=O)CNC(=O)COc1ccc2ccccc2c1. The number of rotatable bonds is 5. The van der Waals surface area contributed by atoms with Crippen molar-refractivity contribution in [3.8, 4) is 5.75 Å². The van der Waals surface area contributed by atoms with Crippen LogP contribution in [-0.2, 0) is 14.3 Å². The third kappa shape index (κ3) is 3.71. The molecule has 1 N–H and O–H groups in total. The van der Waals surface area contributed by atoms with E-state index in [1.807, 2.05) is 36.4 Å². The van der Waals surface area contributed by atoms with Gasteiger partial charge in [-0.25, -0.2) is 0 Å². The molecule has 1 amide bonds. The van der Waals surface area contributed by atoms with Crippen molar-refractivity contribution < 1.29 is 19.1 Å². The van der Waals surface area contributed by atoms with Crippen LogP contribution in [0.4, 0.5) is 0 Å². The molecule has 0 saturated heterocycles. The molecule has 0 heterocycles. The minimum absolute atomic E-state index is 0.144. The number of esters is 1. The number of fused-ring (bicyclic) bond motifs is 1. The zero-order valence-electron chi connectivity index (χ0n) is 11.1. The molecule has 0 bridgehead atoms. The van der Waals surface area contributed by atoms with Gasteiger partial charge in [0.2, 0.25) is 0 Å². The molecule has 0 fully saturated rings. The predicted octanol–water partition coefficient (Wildman–Crippen LogP) is 1.51. The van der Waals surface area contributed by atoms with Gasteiger partial charge in [-0.2, -0.15) is 0 Å². The van der Waals surface area contributed by atoms with Gasteiger partial charge in [-0.05, 0) is 22.9 Å². The Morgan fingerprint density at radius 3 is 2.60 bits per heavy atom. The molecule has 5 heteroatoms. The molecule has 0 atom stereocenters. The molecule has 0 aliphatic heterocycles. The number of ether oxygens (including phenoxy) is 2. The molecule has 2 rings (SSSR count). The summed E-state index contributed by atoms with van der Waals surface area (Å²) in [5.74, 6) is -0.260. The molecule has 0 aliphatic rings. The summed E-state index contributed by atoms with van der Waals surface area (Å²) in [6, 6.07) is 13.5. The van der Waals surface area contributed by atoms with Gasteiger partial charge in [0.1, 0.15) is 12.3 Å². The van der Waals surface area contributed by atoms with Crippen molar-refractivity contribution in [3.05, 3.63) is 42.5 Å². The Morgan fingerprint density at radius 1 is 1.10 bits per heavy atom. The molecule has 0 saturated carbocycles. The highest BCUT2D eigenvalue weighted by atomic mass is 16.5. The molecular formula is C15H15NO4. The molecule has 2 aromatic carbocycles. The Hall–Kier alpha value is -2.56. The zero-order chi connectivity index (χ0) is 14.4. The van der Waals surface area contributed by atoms with Crippen LogP contribution in [0.2, 0.25) is 0 Å². The number of amides is 1. The second kappa shape index (κ2) is 6.56. The van der Waals surface area contributed by atoms with Gasteiger partial charge in [-0.3, -0.25) is 9.59 Å². The smallest absolute Gasteiger partial charge is 0.325 e. The number of carbonyl (C=O) groups is 2. The fourth-order valence-electron chi connectivity index (χ4n) is 1.70. The standard InChI is InChI=1S/C15H15NO4/c1-19-15(18)9-16-14(17)10-20-13-7-6-11-4-2-3-5-12(11)8-13/h2-8H,9-10H2,1H3,(H,16,17). The van der Waals surface area contributed by atoms with Gasteiger partial charge in [-0.1, -0.05) is 30.3 Å². The van der Waals surface area contributed by atoms with Crippen molar-refractivity contribution in [2.45, 2.75) is 0 Å². The first-order valence-corrected chi connectivity index (χ1v) is 6.14. The highest BCUT2D eigenvalue weighted by molar-refractivity contribution is 5.84. The normalized spacial score (nSPS) is 10.1. The van der Waals surface area contributed by atoms with Crippen molar-refractivity contribution in [2.24, 2.45) is 0 Å². The maximum absolute atomic E-state index is 11.5. The van der Waals surface area contributed by atoms with Crippen LogP contribution in [0.3, 0.4) is 0 Å². The predicted molar refractivity (Wildman–Crippen MR) is 74.5 cm³/mol. The first-order chi connectivity index (χ1) is 9.69. The summed E-state index contributed by atoms with van der Waals surface area (Å²) in [7, 11) is 1.26. The lowest BCUT2D eigenvalue weighted by Crippen LogP contribution is -2.33. The molecular weight excluding hydrogens is 258 g/mol. The Morgan fingerprint density at radius 2 is 1.85 bits per heavy atom. The van der Waals surface area contributed by atoms with Gasteiger partial charge in [0.05, 0.1) is 7.11 Å². The van der Waals surface area contributed by atoms with Crippen LogP contribution >= 0.6 is 0 Å². The monoisotopic (exact) mass is 273 g/mol. The Kier molecular flexibility index (Phi) is 4.55. The van der Waals surface area contributed by atoms with Crippen LogP contribution in [0.5, 0.6) is 5.75 Å². The van der Waals surface area contributed by atoms with E-state index in [-0.39, 0.29) is 19.1 Å².